The molecular formula is C32H49N7O2. The molecule has 0 aliphatic carbocycles. The van der Waals surface area contributed by atoms with Crippen LogP contribution in [0.15, 0.2) is 60.7 Å². The van der Waals surface area contributed by atoms with Gasteiger partial charge in [-0.25, -0.2) is 0 Å². The van der Waals surface area contributed by atoms with Crippen molar-refractivity contribution in [2.45, 2.75) is 51.9 Å². The third-order valence-electron chi connectivity index (χ3n) is 6.75. The fourth-order valence-electron chi connectivity index (χ4n) is 4.54. The quantitative estimate of drug-likeness (QED) is 0.140. The van der Waals surface area contributed by atoms with Crippen molar-refractivity contribution in [3.05, 3.63) is 71.8 Å². The highest BCUT2D eigenvalue weighted by atomic mass is 16.5. The minimum Gasteiger partial charge on any atom is -0.378 e. The monoisotopic (exact) mass is 563 g/mol. The van der Waals surface area contributed by atoms with E-state index in [1.54, 1.807) is 0 Å². The highest BCUT2D eigenvalue weighted by Gasteiger charge is 2.16. The molecule has 41 heavy (non-hydrogen) atoms. The minimum absolute atomic E-state index is 0.278. The normalized spacial score (nSPS) is 11.1. The van der Waals surface area contributed by atoms with Crippen LogP contribution in [0.5, 0.6) is 0 Å². The lowest BCUT2D eigenvalue weighted by molar-refractivity contribution is 0.0547. The van der Waals surface area contributed by atoms with Gasteiger partial charge in [-0.3, -0.25) is 0 Å². The molecule has 9 heteroatoms. The van der Waals surface area contributed by atoms with Crippen LogP contribution in [0.1, 0.15) is 63.0 Å². The number of nitrogens with one attached hydrogen (secondary N) is 2. The predicted molar refractivity (Wildman–Crippen MR) is 169 cm³/mol. The molecule has 2 aromatic carbocycles. The van der Waals surface area contributed by atoms with Crippen LogP contribution in [-0.2, 0) is 9.47 Å². The van der Waals surface area contributed by atoms with E-state index in [1.807, 2.05) is 0 Å². The third kappa shape index (κ3) is 12.0. The zero-order valence-electron chi connectivity index (χ0n) is 24.9. The Morgan fingerprint density at radius 3 is 1.78 bits per heavy atom. The van der Waals surface area contributed by atoms with Gasteiger partial charge in [-0.05, 0) is 30.4 Å². The number of hydrogen-bond donors (Lipinski definition) is 3. The standard InChI is InChI=1S/C32H49N7O2/c1-3-5-21-39(22-6-4-2)32-37-30(36-31(38-32)35-20-24-41-26-25-40-23-18-33)34-19-17-29(27-13-9-7-10-14-27)28-15-11-8-12-16-28/h7-16,29H,3-6,17-26,33H2,1-2H3,(H2,34,35,36,37,38). The molecule has 0 aliphatic rings. The summed E-state index contributed by atoms with van der Waals surface area (Å²) in [5.41, 5.74) is 8.06. The van der Waals surface area contributed by atoms with Crippen molar-refractivity contribution in [1.29, 1.82) is 0 Å². The van der Waals surface area contributed by atoms with Gasteiger partial charge in [0, 0.05) is 38.6 Å². The Labute approximate surface area is 246 Å². The summed E-state index contributed by atoms with van der Waals surface area (Å²) >= 11 is 0. The fourth-order valence-corrected chi connectivity index (χ4v) is 4.54. The summed E-state index contributed by atoms with van der Waals surface area (Å²) in [6.45, 7) is 10.3. The summed E-state index contributed by atoms with van der Waals surface area (Å²) in [7, 11) is 0. The first kappa shape index (κ1) is 32.2. The van der Waals surface area contributed by atoms with Gasteiger partial charge in [0.05, 0.1) is 26.4 Å². The van der Waals surface area contributed by atoms with E-state index in [2.05, 4.69) is 90.0 Å². The van der Waals surface area contributed by atoms with Gasteiger partial charge in [0.2, 0.25) is 17.8 Å². The lowest BCUT2D eigenvalue weighted by Crippen LogP contribution is -2.28. The molecule has 224 valence electrons. The Bertz CT molecular complexity index is 1020. The van der Waals surface area contributed by atoms with E-state index in [1.165, 1.54) is 11.1 Å². The first-order valence-corrected chi connectivity index (χ1v) is 15.2. The number of aromatic nitrogens is 3. The average Bonchev–Trinajstić information content (AvgIpc) is 3.01. The van der Waals surface area contributed by atoms with Crippen LogP contribution in [0, 0.1) is 0 Å². The van der Waals surface area contributed by atoms with Crippen LogP contribution in [-0.4, -0.2) is 74.1 Å². The molecule has 3 aromatic rings. The summed E-state index contributed by atoms with van der Waals surface area (Å²) < 4.78 is 11.0. The van der Waals surface area contributed by atoms with Crippen LogP contribution in [0.2, 0.25) is 0 Å². The van der Waals surface area contributed by atoms with Crippen molar-refractivity contribution in [1.82, 2.24) is 15.0 Å². The van der Waals surface area contributed by atoms with Crippen molar-refractivity contribution in [3.63, 3.8) is 0 Å². The molecule has 0 aliphatic heterocycles. The SMILES string of the molecule is CCCCN(CCCC)c1nc(NCCOCCOCCN)nc(NCCC(c2ccccc2)c2ccccc2)n1. The molecule has 0 spiro atoms. The zero-order chi connectivity index (χ0) is 29.0. The van der Waals surface area contributed by atoms with Gasteiger partial charge in [0.15, 0.2) is 0 Å². The van der Waals surface area contributed by atoms with Crippen molar-refractivity contribution in [2.75, 3.05) is 74.7 Å². The summed E-state index contributed by atoms with van der Waals surface area (Å²) in [5, 5.41) is 6.84. The van der Waals surface area contributed by atoms with E-state index < -0.39 is 0 Å². The first-order valence-electron chi connectivity index (χ1n) is 15.2. The summed E-state index contributed by atoms with van der Waals surface area (Å²) in [5.74, 6) is 2.14. The highest BCUT2D eigenvalue weighted by molar-refractivity contribution is 5.44. The van der Waals surface area contributed by atoms with Crippen molar-refractivity contribution in [3.8, 4) is 0 Å². The molecule has 1 heterocycles. The maximum absolute atomic E-state index is 5.67. The number of unbranched alkanes of at least 4 members (excludes halogenated alkanes) is 2. The number of hydrogen-bond acceptors (Lipinski definition) is 9. The molecule has 0 atom stereocenters. The molecule has 0 unspecified atom stereocenters. The fraction of sp³-hybridized carbons (Fsp3) is 0.531. The van der Waals surface area contributed by atoms with E-state index in [9.17, 15) is 0 Å². The van der Waals surface area contributed by atoms with E-state index in [-0.39, 0.29) is 5.92 Å². The number of ether oxygens (including phenoxy) is 2. The maximum Gasteiger partial charge on any atom is 0.231 e. The lowest BCUT2D eigenvalue weighted by atomic mass is 9.88. The second-order valence-electron chi connectivity index (χ2n) is 10.0. The Morgan fingerprint density at radius 2 is 1.24 bits per heavy atom. The molecule has 0 saturated heterocycles. The number of nitrogens with zero attached hydrogens (tertiary/aromatic N) is 4. The van der Waals surface area contributed by atoms with Crippen LogP contribution < -0.4 is 21.3 Å². The van der Waals surface area contributed by atoms with Gasteiger partial charge < -0.3 is 30.7 Å². The Balaban J connectivity index is 1.69. The number of rotatable bonds is 22. The Hall–Kier alpha value is -3.27. The molecule has 0 fully saturated rings. The van der Waals surface area contributed by atoms with E-state index in [0.29, 0.717) is 57.4 Å². The van der Waals surface area contributed by atoms with Crippen molar-refractivity contribution in [2.24, 2.45) is 5.73 Å². The first-order chi connectivity index (χ1) is 20.2. The largest absolute Gasteiger partial charge is 0.378 e. The highest BCUT2D eigenvalue weighted by Crippen LogP contribution is 2.28. The van der Waals surface area contributed by atoms with Gasteiger partial charge in [-0.2, -0.15) is 15.0 Å². The van der Waals surface area contributed by atoms with Crippen LogP contribution >= 0.6 is 0 Å². The number of nitrogens with two attached hydrogens (primary N) is 1. The molecule has 0 amide bonds. The van der Waals surface area contributed by atoms with Crippen LogP contribution in [0.25, 0.3) is 0 Å². The van der Waals surface area contributed by atoms with Crippen molar-refractivity contribution >= 4 is 17.8 Å². The predicted octanol–water partition coefficient (Wildman–Crippen LogP) is 5.32. The second kappa shape index (κ2) is 19.7. The molecule has 3 rings (SSSR count). The summed E-state index contributed by atoms with van der Waals surface area (Å²) in [4.78, 5) is 16.7. The van der Waals surface area contributed by atoms with Gasteiger partial charge in [0.1, 0.15) is 0 Å². The molecular weight excluding hydrogens is 514 g/mol. The van der Waals surface area contributed by atoms with Gasteiger partial charge in [0.25, 0.3) is 0 Å². The van der Waals surface area contributed by atoms with Gasteiger partial charge in [-0.1, -0.05) is 87.4 Å². The molecule has 0 radical (unpaired) electrons. The second-order valence-corrected chi connectivity index (χ2v) is 10.0. The molecule has 1 aromatic heterocycles. The topological polar surface area (TPSA) is 110 Å². The van der Waals surface area contributed by atoms with E-state index in [0.717, 1.165) is 51.7 Å². The van der Waals surface area contributed by atoms with Gasteiger partial charge in [-0.15, -0.1) is 0 Å². The molecule has 4 N–H and O–H groups in total. The maximum atomic E-state index is 5.67. The van der Waals surface area contributed by atoms with Crippen molar-refractivity contribution < 1.29 is 9.47 Å². The van der Waals surface area contributed by atoms with E-state index >= 15 is 0 Å². The minimum atomic E-state index is 0.278. The van der Waals surface area contributed by atoms with Gasteiger partial charge >= 0.3 is 0 Å². The molecule has 9 nitrogen and oxygen atoms in total. The Morgan fingerprint density at radius 1 is 0.707 bits per heavy atom. The zero-order valence-corrected chi connectivity index (χ0v) is 24.9. The molecule has 0 bridgehead atoms. The van der Waals surface area contributed by atoms with Crippen LogP contribution in [0.4, 0.5) is 17.8 Å². The lowest BCUT2D eigenvalue weighted by Gasteiger charge is -2.23. The number of anilines is 3. The smallest absolute Gasteiger partial charge is 0.231 e. The average molecular weight is 564 g/mol. The Kier molecular flexibility index (Phi) is 15.5. The third-order valence-corrected chi connectivity index (χ3v) is 6.75. The summed E-state index contributed by atoms with van der Waals surface area (Å²) in [6.07, 6.45) is 5.34. The summed E-state index contributed by atoms with van der Waals surface area (Å²) in [6, 6.07) is 21.3. The number of benzene rings is 2. The molecule has 0 saturated carbocycles. The van der Waals surface area contributed by atoms with Crippen LogP contribution in [0.3, 0.4) is 0 Å². The van der Waals surface area contributed by atoms with E-state index in [4.69, 9.17) is 30.2 Å².